The molecule has 0 radical (unpaired) electrons. The van der Waals surface area contributed by atoms with Gasteiger partial charge in [0.15, 0.2) is 6.61 Å². The maximum Gasteiger partial charge on any atom is 0.339 e. The van der Waals surface area contributed by atoms with E-state index in [2.05, 4.69) is 4.98 Å². The molecule has 0 N–H and O–H groups in total. The third-order valence-corrected chi connectivity index (χ3v) is 6.03. The van der Waals surface area contributed by atoms with Crippen LogP contribution >= 0.6 is 11.8 Å². The number of carbonyl (C=O) groups is 2. The van der Waals surface area contributed by atoms with Gasteiger partial charge >= 0.3 is 5.97 Å². The lowest BCUT2D eigenvalue weighted by Crippen LogP contribution is -2.30. The molecule has 4 rings (SSSR count). The van der Waals surface area contributed by atoms with Gasteiger partial charge in [-0.1, -0.05) is 30.3 Å². The molecule has 1 amide bonds. The van der Waals surface area contributed by atoms with Crippen LogP contribution in [0.3, 0.4) is 0 Å². The summed E-state index contributed by atoms with van der Waals surface area (Å²) in [5.41, 5.74) is 3.22. The van der Waals surface area contributed by atoms with Gasteiger partial charge in [-0.05, 0) is 48.9 Å². The number of hydrogen-bond donors (Lipinski definition) is 0. The van der Waals surface area contributed by atoms with Crippen LogP contribution in [0.5, 0.6) is 0 Å². The number of benzene rings is 2. The highest BCUT2D eigenvalue weighted by Gasteiger charge is 2.27. The van der Waals surface area contributed by atoms with Crippen LogP contribution < -0.4 is 0 Å². The molecule has 154 valence electrons. The molecule has 0 aliphatic heterocycles. The molecule has 1 saturated carbocycles. The number of hydrogen-bond acceptors (Lipinski definition) is 5. The summed E-state index contributed by atoms with van der Waals surface area (Å²) in [7, 11) is 1.71. The number of fused-ring (bicyclic) bond motifs is 1. The summed E-state index contributed by atoms with van der Waals surface area (Å²) in [4.78, 5) is 32.7. The fourth-order valence-electron chi connectivity index (χ4n) is 3.36. The van der Waals surface area contributed by atoms with Gasteiger partial charge in [0.25, 0.3) is 5.91 Å². The molecule has 1 heterocycles. The van der Waals surface area contributed by atoms with Crippen molar-refractivity contribution >= 4 is 34.5 Å². The summed E-state index contributed by atoms with van der Waals surface area (Å²) >= 11 is 1.68. The first-order chi connectivity index (χ1) is 14.5. The second-order valence-electron chi connectivity index (χ2n) is 7.56. The van der Waals surface area contributed by atoms with Gasteiger partial charge in [-0.2, -0.15) is 0 Å². The van der Waals surface area contributed by atoms with E-state index >= 15 is 0 Å². The predicted molar refractivity (Wildman–Crippen MR) is 119 cm³/mol. The van der Waals surface area contributed by atoms with Crippen LogP contribution in [-0.4, -0.2) is 41.7 Å². The van der Waals surface area contributed by atoms with Gasteiger partial charge in [-0.25, -0.2) is 4.79 Å². The number of para-hydroxylation sites is 1. The molecule has 2 aromatic carbocycles. The van der Waals surface area contributed by atoms with E-state index in [0.717, 1.165) is 35.0 Å². The normalized spacial score (nSPS) is 13.3. The Hall–Kier alpha value is -2.86. The molecular weight excluding hydrogens is 396 g/mol. The van der Waals surface area contributed by atoms with Crippen LogP contribution in [0.15, 0.2) is 59.5 Å². The zero-order chi connectivity index (χ0) is 21.1. The Morgan fingerprint density at radius 2 is 1.87 bits per heavy atom. The second-order valence-corrected chi connectivity index (χ2v) is 8.44. The fourth-order valence-corrected chi connectivity index (χ4v) is 3.77. The summed E-state index contributed by atoms with van der Waals surface area (Å²) in [6, 6.07) is 17.4. The van der Waals surface area contributed by atoms with Crippen molar-refractivity contribution in [2.45, 2.75) is 30.2 Å². The van der Waals surface area contributed by atoms with Crippen molar-refractivity contribution in [3.05, 3.63) is 71.4 Å². The number of pyridine rings is 1. The number of amides is 1. The smallest absolute Gasteiger partial charge is 0.339 e. The molecule has 0 saturated heterocycles. The molecule has 6 heteroatoms. The van der Waals surface area contributed by atoms with E-state index in [1.54, 1.807) is 23.7 Å². The number of rotatable bonds is 7. The minimum absolute atomic E-state index is 0.238. The van der Waals surface area contributed by atoms with Gasteiger partial charge in [0.1, 0.15) is 0 Å². The monoisotopic (exact) mass is 420 g/mol. The number of carbonyl (C=O) groups excluding carboxylic acids is 2. The quantitative estimate of drug-likeness (QED) is 0.411. The Morgan fingerprint density at radius 1 is 1.13 bits per heavy atom. The van der Waals surface area contributed by atoms with Gasteiger partial charge in [0.2, 0.25) is 0 Å². The molecule has 3 aromatic rings. The van der Waals surface area contributed by atoms with Gasteiger partial charge in [0.05, 0.1) is 11.1 Å². The van der Waals surface area contributed by atoms with Crippen molar-refractivity contribution in [1.29, 1.82) is 0 Å². The third kappa shape index (κ3) is 4.65. The summed E-state index contributed by atoms with van der Waals surface area (Å²) in [6.45, 7) is 0.183. The topological polar surface area (TPSA) is 59.5 Å². The Balaban J connectivity index is 1.42. The van der Waals surface area contributed by atoms with E-state index < -0.39 is 5.97 Å². The maximum absolute atomic E-state index is 12.8. The average Bonchev–Trinajstić information content (AvgIpc) is 3.62. The van der Waals surface area contributed by atoms with Crippen molar-refractivity contribution in [3.63, 3.8) is 0 Å². The molecule has 0 bridgehead atoms. The maximum atomic E-state index is 12.8. The standard InChI is InChI=1S/C24H24N2O3S/c1-26(14-16-7-11-18(30-2)12-8-16)23(27)15-29-24(28)20-13-22(17-9-10-17)25-21-6-4-3-5-19(20)21/h3-8,11-13,17H,9-10,14-15H2,1-2H3. The lowest BCUT2D eigenvalue weighted by atomic mass is 10.1. The van der Waals surface area contributed by atoms with Crippen LogP contribution in [0.1, 0.15) is 40.4 Å². The average molecular weight is 421 g/mol. The Kier molecular flexibility index (Phi) is 6.04. The van der Waals surface area contributed by atoms with Crippen molar-refractivity contribution in [2.24, 2.45) is 0 Å². The molecule has 1 aliphatic carbocycles. The number of esters is 1. The molecule has 0 spiro atoms. The first kappa shape index (κ1) is 20.4. The van der Waals surface area contributed by atoms with Gasteiger partial charge in [-0.15, -0.1) is 11.8 Å². The molecule has 1 aliphatic rings. The largest absolute Gasteiger partial charge is 0.452 e. The lowest BCUT2D eigenvalue weighted by molar-refractivity contribution is -0.133. The SMILES string of the molecule is CSc1ccc(CN(C)C(=O)COC(=O)c2cc(C3CC3)nc3ccccc23)cc1. The van der Waals surface area contributed by atoms with Crippen LogP contribution in [0.25, 0.3) is 10.9 Å². The van der Waals surface area contributed by atoms with Crippen LogP contribution in [0, 0.1) is 0 Å². The fraction of sp³-hybridized carbons (Fsp3) is 0.292. The number of thioether (sulfide) groups is 1. The summed E-state index contributed by atoms with van der Waals surface area (Å²) < 4.78 is 5.39. The molecule has 0 atom stereocenters. The van der Waals surface area contributed by atoms with E-state index in [4.69, 9.17) is 4.74 Å². The molecule has 1 aromatic heterocycles. The van der Waals surface area contributed by atoms with Gasteiger partial charge in [0, 0.05) is 35.5 Å². The van der Waals surface area contributed by atoms with Crippen molar-refractivity contribution in [3.8, 4) is 0 Å². The van der Waals surface area contributed by atoms with Crippen molar-refractivity contribution in [2.75, 3.05) is 19.9 Å². The number of ether oxygens (including phenoxy) is 1. The summed E-state index contributed by atoms with van der Waals surface area (Å²) in [6.07, 6.45) is 4.22. The van der Waals surface area contributed by atoms with E-state index in [1.807, 2.05) is 60.9 Å². The predicted octanol–water partition coefficient (Wildman–Crippen LogP) is 4.65. The van der Waals surface area contributed by atoms with E-state index in [-0.39, 0.29) is 12.5 Å². The minimum Gasteiger partial charge on any atom is -0.452 e. The van der Waals surface area contributed by atoms with Crippen LogP contribution in [0.2, 0.25) is 0 Å². The first-order valence-corrected chi connectivity index (χ1v) is 11.2. The summed E-state index contributed by atoms with van der Waals surface area (Å²) in [5.74, 6) is -0.300. The summed E-state index contributed by atoms with van der Waals surface area (Å²) in [5, 5.41) is 0.751. The molecule has 0 unspecified atom stereocenters. The van der Waals surface area contributed by atoms with E-state index in [9.17, 15) is 9.59 Å². The van der Waals surface area contributed by atoms with Crippen molar-refractivity contribution in [1.82, 2.24) is 9.88 Å². The van der Waals surface area contributed by atoms with Gasteiger partial charge < -0.3 is 9.64 Å². The first-order valence-electron chi connectivity index (χ1n) is 9.99. The zero-order valence-corrected chi connectivity index (χ0v) is 17.9. The van der Waals surface area contributed by atoms with Gasteiger partial charge in [-0.3, -0.25) is 9.78 Å². The Labute approximate surface area is 180 Å². The zero-order valence-electron chi connectivity index (χ0n) is 17.1. The number of aromatic nitrogens is 1. The molecule has 5 nitrogen and oxygen atoms in total. The van der Waals surface area contributed by atoms with E-state index in [0.29, 0.717) is 18.0 Å². The number of likely N-dealkylation sites (N-methyl/N-ethyl adjacent to an activating group) is 1. The van der Waals surface area contributed by atoms with Crippen molar-refractivity contribution < 1.29 is 14.3 Å². The van der Waals surface area contributed by atoms with Crippen LogP contribution in [0.4, 0.5) is 0 Å². The Bertz CT molecular complexity index is 1080. The molecule has 1 fully saturated rings. The highest BCUT2D eigenvalue weighted by Crippen LogP contribution is 2.40. The highest BCUT2D eigenvalue weighted by molar-refractivity contribution is 7.98. The lowest BCUT2D eigenvalue weighted by Gasteiger charge is -2.17. The Morgan fingerprint density at radius 3 is 2.57 bits per heavy atom. The molecular formula is C24H24N2O3S. The highest BCUT2D eigenvalue weighted by atomic mass is 32.2. The minimum atomic E-state index is -0.485. The van der Waals surface area contributed by atoms with E-state index in [1.165, 1.54) is 4.90 Å². The van der Waals surface area contributed by atoms with Crippen LogP contribution in [-0.2, 0) is 16.1 Å². The third-order valence-electron chi connectivity index (χ3n) is 5.28. The molecule has 30 heavy (non-hydrogen) atoms. The number of nitrogens with zero attached hydrogens (tertiary/aromatic N) is 2. The second kappa shape index (κ2) is 8.88.